The first kappa shape index (κ1) is 14.9. The number of benzene rings is 2. The summed E-state index contributed by atoms with van der Waals surface area (Å²) in [6.45, 7) is 1.33. The normalized spacial score (nSPS) is 21.1. The predicted octanol–water partition coefficient (Wildman–Crippen LogP) is 2.55. The molecule has 0 radical (unpaired) electrons. The SMILES string of the molecule is O=P(O)(O)N1CCN2c3ccccc3Cc3ccccc3C2C1. The summed E-state index contributed by atoms with van der Waals surface area (Å²) in [5.74, 6) is 0. The smallest absolute Gasteiger partial charge is 0.362 e. The Bertz CT molecular complexity index is 789. The molecule has 2 aromatic carbocycles. The van der Waals surface area contributed by atoms with Gasteiger partial charge in [-0.25, -0.2) is 9.24 Å². The van der Waals surface area contributed by atoms with E-state index in [9.17, 15) is 14.4 Å². The van der Waals surface area contributed by atoms with E-state index in [0.29, 0.717) is 19.6 Å². The number of hydrogen-bond acceptors (Lipinski definition) is 2. The number of piperazine rings is 1. The molecular weight excluding hydrogens is 311 g/mol. The van der Waals surface area contributed by atoms with Crippen LogP contribution < -0.4 is 4.90 Å². The van der Waals surface area contributed by atoms with E-state index in [1.165, 1.54) is 27.0 Å². The Balaban J connectivity index is 1.84. The van der Waals surface area contributed by atoms with E-state index >= 15 is 0 Å². The number of hydrogen-bond donors (Lipinski definition) is 2. The van der Waals surface area contributed by atoms with Gasteiger partial charge in [0.2, 0.25) is 0 Å². The molecule has 1 unspecified atom stereocenters. The Morgan fingerprint density at radius 3 is 2.43 bits per heavy atom. The van der Waals surface area contributed by atoms with E-state index in [2.05, 4.69) is 29.2 Å². The summed E-state index contributed by atoms with van der Waals surface area (Å²) in [6, 6.07) is 16.5. The maximum Gasteiger partial charge on any atom is 0.403 e. The third kappa shape index (κ3) is 2.60. The first-order valence-corrected chi connectivity index (χ1v) is 9.34. The first-order chi connectivity index (χ1) is 11.0. The van der Waals surface area contributed by atoms with Gasteiger partial charge in [-0.3, -0.25) is 0 Å². The molecule has 0 aromatic heterocycles. The standard InChI is InChI=1S/C17H19N2O3P/c20-23(21,22)18-9-10-19-16-8-4-2-6-14(16)11-13-5-1-3-7-15(13)17(19)12-18/h1-8,17H,9-12H2,(H2,20,21,22). The Kier molecular flexibility index (Phi) is 3.54. The van der Waals surface area contributed by atoms with Crippen LogP contribution in [-0.2, 0) is 11.0 Å². The van der Waals surface area contributed by atoms with Gasteiger partial charge in [-0.1, -0.05) is 42.5 Å². The molecule has 4 rings (SSSR count). The number of rotatable bonds is 1. The highest BCUT2D eigenvalue weighted by Gasteiger charge is 2.38. The van der Waals surface area contributed by atoms with Crippen LogP contribution >= 0.6 is 7.75 Å². The van der Waals surface area contributed by atoms with Crippen molar-refractivity contribution in [1.82, 2.24) is 4.67 Å². The molecule has 2 heterocycles. The van der Waals surface area contributed by atoms with Crippen LogP contribution in [0, 0.1) is 0 Å². The van der Waals surface area contributed by atoms with Crippen LogP contribution in [0.2, 0.25) is 0 Å². The van der Waals surface area contributed by atoms with Gasteiger partial charge in [0.25, 0.3) is 0 Å². The molecule has 2 aromatic rings. The van der Waals surface area contributed by atoms with Crippen molar-refractivity contribution in [2.24, 2.45) is 0 Å². The molecule has 1 saturated heterocycles. The Hall–Kier alpha value is -1.65. The molecule has 6 heteroatoms. The minimum Gasteiger partial charge on any atom is -0.362 e. The second-order valence-electron chi connectivity index (χ2n) is 6.14. The summed E-state index contributed by atoms with van der Waals surface area (Å²) < 4.78 is 13.0. The maximum absolute atomic E-state index is 11.7. The Labute approximate surface area is 135 Å². The van der Waals surface area contributed by atoms with Gasteiger partial charge in [0.15, 0.2) is 0 Å². The molecule has 0 bridgehead atoms. The molecule has 0 saturated carbocycles. The van der Waals surface area contributed by atoms with Crippen molar-refractivity contribution in [2.75, 3.05) is 24.5 Å². The largest absolute Gasteiger partial charge is 0.403 e. The zero-order valence-corrected chi connectivity index (χ0v) is 13.6. The number of nitrogens with zero attached hydrogens (tertiary/aromatic N) is 2. The molecule has 2 aliphatic heterocycles. The lowest BCUT2D eigenvalue weighted by atomic mass is 9.96. The highest BCUT2D eigenvalue weighted by Crippen LogP contribution is 2.46. The van der Waals surface area contributed by atoms with Gasteiger partial charge in [0.1, 0.15) is 0 Å². The summed E-state index contributed by atoms with van der Waals surface area (Å²) in [7, 11) is -4.21. The van der Waals surface area contributed by atoms with Crippen LogP contribution in [0.25, 0.3) is 0 Å². The minimum absolute atomic E-state index is 0.0313. The van der Waals surface area contributed by atoms with Crippen LogP contribution in [0.15, 0.2) is 48.5 Å². The lowest BCUT2D eigenvalue weighted by Crippen LogP contribution is -2.47. The number of para-hydroxylation sites is 1. The molecule has 23 heavy (non-hydrogen) atoms. The lowest BCUT2D eigenvalue weighted by molar-refractivity contribution is 0.241. The molecule has 120 valence electrons. The zero-order chi connectivity index (χ0) is 16.0. The summed E-state index contributed by atoms with van der Waals surface area (Å²) in [5.41, 5.74) is 4.85. The minimum atomic E-state index is -4.21. The topological polar surface area (TPSA) is 64.0 Å². The Morgan fingerprint density at radius 2 is 1.65 bits per heavy atom. The molecule has 2 aliphatic rings. The highest BCUT2D eigenvalue weighted by molar-refractivity contribution is 7.49. The third-order valence-corrected chi connectivity index (χ3v) is 5.92. The van der Waals surface area contributed by atoms with Gasteiger partial charge >= 0.3 is 7.75 Å². The van der Waals surface area contributed by atoms with Crippen LogP contribution in [0.5, 0.6) is 0 Å². The van der Waals surface area contributed by atoms with Crippen molar-refractivity contribution >= 4 is 13.4 Å². The molecule has 2 N–H and O–H groups in total. The van der Waals surface area contributed by atoms with Crippen LogP contribution in [0.3, 0.4) is 0 Å². The van der Waals surface area contributed by atoms with E-state index < -0.39 is 7.75 Å². The molecule has 1 atom stereocenters. The maximum atomic E-state index is 11.7. The van der Waals surface area contributed by atoms with E-state index in [-0.39, 0.29) is 6.04 Å². The number of fused-ring (bicyclic) bond motifs is 5. The monoisotopic (exact) mass is 330 g/mol. The fourth-order valence-electron chi connectivity index (χ4n) is 3.73. The predicted molar refractivity (Wildman–Crippen MR) is 89.4 cm³/mol. The summed E-state index contributed by atoms with van der Waals surface area (Å²) in [4.78, 5) is 21.4. The second kappa shape index (κ2) is 5.46. The highest BCUT2D eigenvalue weighted by atomic mass is 31.2. The van der Waals surface area contributed by atoms with Crippen molar-refractivity contribution in [3.05, 3.63) is 65.2 Å². The van der Waals surface area contributed by atoms with E-state index in [1.54, 1.807) is 0 Å². The molecule has 1 fully saturated rings. The fourth-order valence-corrected chi connectivity index (χ4v) is 4.44. The molecule has 5 nitrogen and oxygen atoms in total. The fraction of sp³-hybridized carbons (Fsp3) is 0.294. The molecule has 0 amide bonds. The van der Waals surface area contributed by atoms with Gasteiger partial charge in [-0.05, 0) is 29.2 Å². The second-order valence-corrected chi connectivity index (χ2v) is 7.73. The quantitative estimate of drug-likeness (QED) is 0.787. The number of anilines is 1. The van der Waals surface area contributed by atoms with Crippen molar-refractivity contribution < 1.29 is 14.4 Å². The molecular formula is C17H19N2O3P. The van der Waals surface area contributed by atoms with Gasteiger partial charge < -0.3 is 14.7 Å². The average Bonchev–Trinajstić information content (AvgIpc) is 2.68. The average molecular weight is 330 g/mol. The van der Waals surface area contributed by atoms with Gasteiger partial charge in [-0.2, -0.15) is 0 Å². The molecule has 0 spiro atoms. The summed E-state index contributed by atoms with van der Waals surface area (Å²) >= 11 is 0. The van der Waals surface area contributed by atoms with Crippen molar-refractivity contribution in [1.29, 1.82) is 0 Å². The first-order valence-electron chi connectivity index (χ1n) is 7.77. The van der Waals surface area contributed by atoms with Crippen molar-refractivity contribution in [3.63, 3.8) is 0 Å². The van der Waals surface area contributed by atoms with Gasteiger partial charge in [0, 0.05) is 25.3 Å². The van der Waals surface area contributed by atoms with E-state index in [0.717, 1.165) is 6.42 Å². The lowest BCUT2D eigenvalue weighted by Gasteiger charge is -2.42. The van der Waals surface area contributed by atoms with Gasteiger partial charge in [-0.15, -0.1) is 0 Å². The molecule has 0 aliphatic carbocycles. The van der Waals surface area contributed by atoms with Crippen LogP contribution in [-0.4, -0.2) is 34.1 Å². The van der Waals surface area contributed by atoms with E-state index in [1.807, 2.05) is 24.3 Å². The van der Waals surface area contributed by atoms with Gasteiger partial charge in [0.05, 0.1) is 6.04 Å². The third-order valence-electron chi connectivity index (χ3n) is 4.82. The van der Waals surface area contributed by atoms with Crippen molar-refractivity contribution in [3.8, 4) is 0 Å². The van der Waals surface area contributed by atoms with E-state index in [4.69, 9.17) is 0 Å². The van der Waals surface area contributed by atoms with Crippen LogP contribution in [0.4, 0.5) is 5.69 Å². The summed E-state index contributed by atoms with van der Waals surface area (Å²) in [6.07, 6.45) is 0.856. The summed E-state index contributed by atoms with van der Waals surface area (Å²) in [5, 5.41) is 0. The van der Waals surface area contributed by atoms with Crippen molar-refractivity contribution in [2.45, 2.75) is 12.5 Å². The Morgan fingerprint density at radius 1 is 0.957 bits per heavy atom. The van der Waals surface area contributed by atoms with Crippen LogP contribution in [0.1, 0.15) is 22.7 Å². The zero-order valence-electron chi connectivity index (χ0n) is 12.7.